The molecule has 6 nitrogen and oxygen atoms in total. The normalized spacial score (nSPS) is 17.8. The summed E-state index contributed by atoms with van der Waals surface area (Å²) in [4.78, 5) is 23.7. The SMILES string of the molecule is CN1CCCc2oc3cc(N4CCN(CCc5ccc(Cl)cn5)CC4=O)ccc3c2C1.Cl. The van der Waals surface area contributed by atoms with Crippen LogP contribution < -0.4 is 4.90 Å². The van der Waals surface area contributed by atoms with Crippen molar-refractivity contribution in [2.24, 2.45) is 0 Å². The molecule has 32 heavy (non-hydrogen) atoms. The van der Waals surface area contributed by atoms with Gasteiger partial charge < -0.3 is 14.2 Å². The molecular weight excluding hydrogens is 447 g/mol. The van der Waals surface area contributed by atoms with Crippen LogP contribution in [0, 0.1) is 0 Å². The molecule has 0 bridgehead atoms. The predicted octanol–water partition coefficient (Wildman–Crippen LogP) is 4.17. The first-order chi connectivity index (χ1) is 15.1. The van der Waals surface area contributed by atoms with Crippen molar-refractivity contribution in [3.05, 3.63) is 58.6 Å². The quantitative estimate of drug-likeness (QED) is 0.567. The summed E-state index contributed by atoms with van der Waals surface area (Å²) in [6, 6.07) is 10.0. The van der Waals surface area contributed by atoms with Crippen LogP contribution in [0.25, 0.3) is 11.0 Å². The van der Waals surface area contributed by atoms with Gasteiger partial charge in [-0.1, -0.05) is 11.6 Å². The van der Waals surface area contributed by atoms with E-state index in [2.05, 4.69) is 34.0 Å². The summed E-state index contributed by atoms with van der Waals surface area (Å²) in [7, 11) is 2.16. The van der Waals surface area contributed by atoms with Crippen molar-refractivity contribution in [2.45, 2.75) is 25.8 Å². The number of anilines is 1. The summed E-state index contributed by atoms with van der Waals surface area (Å²) >= 11 is 5.90. The van der Waals surface area contributed by atoms with Crippen LogP contribution in [0.4, 0.5) is 5.69 Å². The number of hydrogen-bond acceptors (Lipinski definition) is 5. The standard InChI is InChI=1S/C24H27ClN4O2.ClH/c1-27-9-2-3-22-21(15-27)20-7-6-19(13-23(20)31-22)29-12-11-28(16-24(29)30)10-8-18-5-4-17(25)14-26-18;/h4-7,13-14H,2-3,8-12,15-16H2,1H3;1H. The summed E-state index contributed by atoms with van der Waals surface area (Å²) in [5, 5.41) is 1.82. The highest BCUT2D eigenvalue weighted by molar-refractivity contribution is 6.30. The van der Waals surface area contributed by atoms with Gasteiger partial charge in [0.2, 0.25) is 5.91 Å². The van der Waals surface area contributed by atoms with E-state index >= 15 is 0 Å². The number of carbonyl (C=O) groups is 1. The largest absolute Gasteiger partial charge is 0.461 e. The van der Waals surface area contributed by atoms with Gasteiger partial charge in [-0.2, -0.15) is 0 Å². The summed E-state index contributed by atoms with van der Waals surface area (Å²) in [5.41, 5.74) is 4.11. The van der Waals surface area contributed by atoms with E-state index in [0.29, 0.717) is 18.1 Å². The molecule has 0 saturated carbocycles. The Morgan fingerprint density at radius 2 is 2.00 bits per heavy atom. The number of hydrogen-bond donors (Lipinski definition) is 0. The minimum Gasteiger partial charge on any atom is -0.461 e. The number of benzene rings is 1. The first kappa shape index (κ1) is 23.1. The van der Waals surface area contributed by atoms with Gasteiger partial charge in [0.1, 0.15) is 11.3 Å². The molecule has 1 saturated heterocycles. The number of aromatic nitrogens is 1. The van der Waals surface area contributed by atoms with Gasteiger partial charge in [-0.25, -0.2) is 0 Å². The van der Waals surface area contributed by atoms with Crippen LogP contribution >= 0.6 is 24.0 Å². The number of rotatable bonds is 4. The smallest absolute Gasteiger partial charge is 0.241 e. The van der Waals surface area contributed by atoms with E-state index in [9.17, 15) is 4.79 Å². The van der Waals surface area contributed by atoms with Crippen LogP contribution in [-0.4, -0.2) is 60.5 Å². The van der Waals surface area contributed by atoms with E-state index in [-0.39, 0.29) is 18.3 Å². The van der Waals surface area contributed by atoms with Crippen molar-refractivity contribution in [2.75, 3.05) is 44.7 Å². The Balaban J connectivity index is 0.00000245. The number of nitrogens with zero attached hydrogens (tertiary/aromatic N) is 4. The van der Waals surface area contributed by atoms with Gasteiger partial charge in [-0.15, -0.1) is 12.4 Å². The number of amides is 1. The molecule has 0 atom stereocenters. The molecule has 4 heterocycles. The highest BCUT2D eigenvalue weighted by atomic mass is 35.5. The predicted molar refractivity (Wildman–Crippen MR) is 130 cm³/mol. The minimum absolute atomic E-state index is 0. The second-order valence-corrected chi connectivity index (χ2v) is 9.00. The first-order valence-corrected chi connectivity index (χ1v) is 11.3. The molecular formula is C24H28Cl2N4O2. The lowest BCUT2D eigenvalue weighted by atomic mass is 10.1. The number of pyridine rings is 1. The molecule has 2 aromatic heterocycles. The van der Waals surface area contributed by atoms with Crippen molar-refractivity contribution >= 4 is 46.6 Å². The van der Waals surface area contributed by atoms with Crippen molar-refractivity contribution in [1.29, 1.82) is 0 Å². The van der Waals surface area contributed by atoms with E-state index in [1.54, 1.807) is 6.20 Å². The molecule has 2 aliphatic rings. The van der Waals surface area contributed by atoms with Crippen molar-refractivity contribution in [3.8, 4) is 0 Å². The second kappa shape index (κ2) is 9.79. The fraction of sp³-hybridized carbons (Fsp3) is 0.417. The van der Waals surface area contributed by atoms with E-state index in [1.165, 1.54) is 10.9 Å². The maximum Gasteiger partial charge on any atom is 0.241 e. The van der Waals surface area contributed by atoms with Crippen molar-refractivity contribution in [1.82, 2.24) is 14.8 Å². The number of furan rings is 1. The highest BCUT2D eigenvalue weighted by Gasteiger charge is 2.26. The zero-order valence-corrected chi connectivity index (χ0v) is 19.8. The van der Waals surface area contributed by atoms with Crippen LogP contribution in [-0.2, 0) is 24.2 Å². The molecule has 1 fully saturated rings. The van der Waals surface area contributed by atoms with Crippen LogP contribution in [0.1, 0.15) is 23.4 Å². The lowest BCUT2D eigenvalue weighted by molar-refractivity contribution is -0.121. The molecule has 2 aliphatic heterocycles. The maximum absolute atomic E-state index is 12.9. The Kier molecular flexibility index (Phi) is 7.05. The van der Waals surface area contributed by atoms with Crippen molar-refractivity contribution < 1.29 is 9.21 Å². The van der Waals surface area contributed by atoms with E-state index in [1.807, 2.05) is 23.1 Å². The van der Waals surface area contributed by atoms with E-state index < -0.39 is 0 Å². The van der Waals surface area contributed by atoms with Gasteiger partial charge in [0, 0.05) is 73.6 Å². The molecule has 0 N–H and O–H groups in total. The molecule has 0 unspecified atom stereocenters. The zero-order chi connectivity index (χ0) is 21.4. The summed E-state index contributed by atoms with van der Waals surface area (Å²) in [6.45, 7) is 4.77. The third-order valence-corrected chi connectivity index (χ3v) is 6.54. The second-order valence-electron chi connectivity index (χ2n) is 8.56. The van der Waals surface area contributed by atoms with Gasteiger partial charge in [0.15, 0.2) is 0 Å². The third-order valence-electron chi connectivity index (χ3n) is 6.32. The average Bonchev–Trinajstić information content (AvgIpc) is 2.98. The summed E-state index contributed by atoms with van der Waals surface area (Å²) < 4.78 is 6.21. The fourth-order valence-electron chi connectivity index (χ4n) is 4.60. The number of fused-ring (bicyclic) bond motifs is 3. The molecule has 3 aromatic rings. The Morgan fingerprint density at radius 1 is 1.12 bits per heavy atom. The van der Waals surface area contributed by atoms with Crippen LogP contribution in [0.3, 0.4) is 0 Å². The highest BCUT2D eigenvalue weighted by Crippen LogP contribution is 2.33. The zero-order valence-electron chi connectivity index (χ0n) is 18.2. The molecule has 8 heteroatoms. The molecule has 0 aliphatic carbocycles. The van der Waals surface area contributed by atoms with E-state index in [0.717, 1.165) is 68.2 Å². The first-order valence-electron chi connectivity index (χ1n) is 10.9. The minimum atomic E-state index is 0. The number of piperazine rings is 1. The van der Waals surface area contributed by atoms with Gasteiger partial charge in [0.05, 0.1) is 11.6 Å². The Morgan fingerprint density at radius 3 is 2.78 bits per heavy atom. The van der Waals surface area contributed by atoms with Crippen molar-refractivity contribution in [3.63, 3.8) is 0 Å². The van der Waals surface area contributed by atoms with Gasteiger partial charge in [-0.05, 0) is 44.3 Å². The van der Waals surface area contributed by atoms with Crippen LogP contribution in [0.5, 0.6) is 0 Å². The maximum atomic E-state index is 12.9. The van der Waals surface area contributed by atoms with Gasteiger partial charge in [0.25, 0.3) is 0 Å². The number of carbonyl (C=O) groups excluding carboxylic acids is 1. The number of aryl methyl sites for hydroxylation is 1. The summed E-state index contributed by atoms with van der Waals surface area (Å²) in [5.74, 6) is 1.23. The van der Waals surface area contributed by atoms with Crippen LogP contribution in [0.15, 0.2) is 40.9 Å². The molecule has 1 aromatic carbocycles. The Bertz CT molecular complexity index is 1100. The molecule has 1 amide bonds. The van der Waals surface area contributed by atoms with Gasteiger partial charge >= 0.3 is 0 Å². The Labute approximate surface area is 199 Å². The molecule has 170 valence electrons. The number of halogens is 2. The van der Waals surface area contributed by atoms with Gasteiger partial charge in [-0.3, -0.25) is 14.7 Å². The molecule has 5 rings (SSSR count). The Hall–Kier alpha value is -2.12. The van der Waals surface area contributed by atoms with Crippen LogP contribution in [0.2, 0.25) is 5.02 Å². The average molecular weight is 475 g/mol. The lowest BCUT2D eigenvalue weighted by Gasteiger charge is -2.34. The monoisotopic (exact) mass is 474 g/mol. The summed E-state index contributed by atoms with van der Waals surface area (Å²) in [6.07, 6.45) is 4.57. The fourth-order valence-corrected chi connectivity index (χ4v) is 4.72. The lowest BCUT2D eigenvalue weighted by Crippen LogP contribution is -2.50. The third kappa shape index (κ3) is 4.79. The topological polar surface area (TPSA) is 52.8 Å². The molecule has 0 spiro atoms. The molecule has 0 radical (unpaired) electrons. The van der Waals surface area contributed by atoms with E-state index in [4.69, 9.17) is 16.0 Å².